The molecule has 2 N–H and O–H groups in total. The highest BCUT2D eigenvalue weighted by atomic mass is 32.2. The second-order valence-corrected chi connectivity index (χ2v) is 6.10. The summed E-state index contributed by atoms with van der Waals surface area (Å²) in [5.41, 5.74) is -1.48. The zero-order valence-corrected chi connectivity index (χ0v) is 11.0. The first-order chi connectivity index (χ1) is 8.96. The monoisotopic (exact) mass is 285 g/mol. The number of hydrogen-bond acceptors (Lipinski definition) is 4. The molecule has 1 heterocycles. The van der Waals surface area contributed by atoms with Gasteiger partial charge in [-0.05, 0) is 12.1 Å². The van der Waals surface area contributed by atoms with Crippen molar-refractivity contribution in [2.75, 3.05) is 13.2 Å². The molecule has 1 aliphatic heterocycles. The van der Waals surface area contributed by atoms with E-state index < -0.39 is 21.5 Å². The summed E-state index contributed by atoms with van der Waals surface area (Å²) in [6, 6.07) is 7.73. The summed E-state index contributed by atoms with van der Waals surface area (Å²) in [4.78, 5) is 11.5. The molecule has 1 aromatic carbocycles. The average molecular weight is 285 g/mol. The van der Waals surface area contributed by atoms with Gasteiger partial charge in [0.25, 0.3) is 0 Å². The van der Waals surface area contributed by atoms with Crippen molar-refractivity contribution in [2.45, 2.75) is 23.3 Å². The Hall–Kier alpha value is -1.44. The SMILES string of the molecule is O=C(O)C1(NS(=O)(=O)c2ccccc2)CCOCC1. The minimum atomic E-state index is -3.85. The minimum absolute atomic E-state index is 0.0575. The van der Waals surface area contributed by atoms with E-state index in [2.05, 4.69) is 4.72 Å². The van der Waals surface area contributed by atoms with Crippen LogP contribution in [0.5, 0.6) is 0 Å². The zero-order valence-electron chi connectivity index (χ0n) is 10.2. The fraction of sp³-hybridized carbons (Fsp3) is 0.417. The number of carboxylic acid groups (broad SMARTS) is 1. The summed E-state index contributed by atoms with van der Waals surface area (Å²) in [7, 11) is -3.85. The van der Waals surface area contributed by atoms with Crippen LogP contribution in [0.4, 0.5) is 0 Å². The van der Waals surface area contributed by atoms with Crippen molar-refractivity contribution in [1.82, 2.24) is 4.72 Å². The Balaban J connectivity index is 2.29. The van der Waals surface area contributed by atoms with E-state index in [0.717, 1.165) is 0 Å². The van der Waals surface area contributed by atoms with Crippen LogP contribution < -0.4 is 4.72 Å². The van der Waals surface area contributed by atoms with Gasteiger partial charge >= 0.3 is 5.97 Å². The van der Waals surface area contributed by atoms with Crippen molar-refractivity contribution in [1.29, 1.82) is 0 Å². The highest BCUT2D eigenvalue weighted by Gasteiger charge is 2.43. The Labute approximate surface area is 111 Å². The van der Waals surface area contributed by atoms with Crippen LogP contribution in [0.3, 0.4) is 0 Å². The van der Waals surface area contributed by atoms with Gasteiger partial charge in [-0.2, -0.15) is 4.72 Å². The van der Waals surface area contributed by atoms with Crippen molar-refractivity contribution in [2.24, 2.45) is 0 Å². The van der Waals surface area contributed by atoms with Gasteiger partial charge in [-0.3, -0.25) is 4.79 Å². The minimum Gasteiger partial charge on any atom is -0.480 e. The summed E-state index contributed by atoms with van der Waals surface area (Å²) in [5, 5.41) is 9.32. The van der Waals surface area contributed by atoms with Crippen LogP contribution in [0.2, 0.25) is 0 Å². The smallest absolute Gasteiger partial charge is 0.325 e. The molecule has 19 heavy (non-hydrogen) atoms. The lowest BCUT2D eigenvalue weighted by molar-refractivity contribution is -0.147. The molecular formula is C12H15NO5S. The normalized spacial score (nSPS) is 18.9. The fourth-order valence-electron chi connectivity index (χ4n) is 2.00. The molecule has 0 atom stereocenters. The summed E-state index contributed by atoms with van der Waals surface area (Å²) in [6.07, 6.45) is 0.239. The number of ether oxygens (including phenoxy) is 1. The van der Waals surface area contributed by atoms with Gasteiger partial charge in [0, 0.05) is 26.1 Å². The van der Waals surface area contributed by atoms with Gasteiger partial charge in [0.1, 0.15) is 5.54 Å². The summed E-state index contributed by atoms with van der Waals surface area (Å²) in [6.45, 7) is 0.452. The van der Waals surface area contributed by atoms with Crippen LogP contribution in [0.25, 0.3) is 0 Å². The molecule has 0 saturated carbocycles. The van der Waals surface area contributed by atoms with Crippen LogP contribution in [-0.2, 0) is 19.6 Å². The van der Waals surface area contributed by atoms with Gasteiger partial charge in [0.15, 0.2) is 0 Å². The summed E-state index contributed by atoms with van der Waals surface area (Å²) in [5.74, 6) is -1.17. The summed E-state index contributed by atoms with van der Waals surface area (Å²) < 4.78 is 31.8. The lowest BCUT2D eigenvalue weighted by atomic mass is 9.92. The highest BCUT2D eigenvalue weighted by Crippen LogP contribution is 2.24. The average Bonchev–Trinajstić information content (AvgIpc) is 2.40. The molecule has 104 valence electrons. The predicted octanol–water partition coefficient (Wildman–Crippen LogP) is 0.599. The van der Waals surface area contributed by atoms with Crippen LogP contribution in [0.1, 0.15) is 12.8 Å². The molecule has 1 aromatic rings. The predicted molar refractivity (Wildman–Crippen MR) is 67.2 cm³/mol. The maximum Gasteiger partial charge on any atom is 0.325 e. The fourth-order valence-corrected chi connectivity index (χ4v) is 3.43. The van der Waals surface area contributed by atoms with E-state index in [0.29, 0.717) is 0 Å². The molecule has 0 spiro atoms. The number of hydrogen-bond donors (Lipinski definition) is 2. The molecule has 1 fully saturated rings. The van der Waals surface area contributed by atoms with Crippen molar-refractivity contribution in [3.8, 4) is 0 Å². The molecule has 1 saturated heterocycles. The van der Waals surface area contributed by atoms with Crippen LogP contribution in [-0.4, -0.2) is 38.2 Å². The molecule has 0 aliphatic carbocycles. The number of benzene rings is 1. The van der Waals surface area contributed by atoms with Gasteiger partial charge in [0.2, 0.25) is 10.0 Å². The second-order valence-electron chi connectivity index (χ2n) is 4.42. The third kappa shape index (κ3) is 2.94. The van der Waals surface area contributed by atoms with E-state index in [-0.39, 0.29) is 31.0 Å². The Morgan fingerprint density at radius 3 is 2.32 bits per heavy atom. The van der Waals surface area contributed by atoms with Gasteiger partial charge < -0.3 is 9.84 Å². The van der Waals surface area contributed by atoms with Crippen LogP contribution in [0, 0.1) is 0 Å². The number of rotatable bonds is 4. The first-order valence-corrected chi connectivity index (χ1v) is 7.35. The maximum atomic E-state index is 12.2. The Morgan fingerprint density at radius 1 is 1.21 bits per heavy atom. The molecule has 0 aromatic heterocycles. The standard InChI is InChI=1S/C12H15NO5S/c14-11(15)12(6-8-18-9-7-12)13-19(16,17)10-4-2-1-3-5-10/h1-5,13H,6-9H2,(H,14,15). The lowest BCUT2D eigenvalue weighted by Gasteiger charge is -2.33. The molecule has 0 radical (unpaired) electrons. The summed E-state index contributed by atoms with van der Waals surface area (Å²) >= 11 is 0. The molecule has 0 bridgehead atoms. The van der Waals surface area contributed by atoms with Gasteiger partial charge in [0.05, 0.1) is 4.90 Å². The Kier molecular flexibility index (Phi) is 3.88. The van der Waals surface area contributed by atoms with Gasteiger partial charge in [-0.1, -0.05) is 18.2 Å². The third-order valence-electron chi connectivity index (χ3n) is 3.14. The van der Waals surface area contributed by atoms with E-state index >= 15 is 0 Å². The largest absolute Gasteiger partial charge is 0.480 e. The second kappa shape index (κ2) is 5.28. The first kappa shape index (κ1) is 14.0. The zero-order chi connectivity index (χ0) is 13.9. The van der Waals surface area contributed by atoms with Gasteiger partial charge in [-0.15, -0.1) is 0 Å². The van der Waals surface area contributed by atoms with E-state index in [1.54, 1.807) is 18.2 Å². The van der Waals surface area contributed by atoms with Crippen molar-refractivity contribution in [3.63, 3.8) is 0 Å². The van der Waals surface area contributed by atoms with E-state index in [4.69, 9.17) is 4.74 Å². The van der Waals surface area contributed by atoms with Gasteiger partial charge in [-0.25, -0.2) is 8.42 Å². The third-order valence-corrected chi connectivity index (χ3v) is 4.69. The van der Waals surface area contributed by atoms with E-state index in [9.17, 15) is 18.3 Å². The lowest BCUT2D eigenvalue weighted by Crippen LogP contribution is -2.57. The molecule has 0 unspecified atom stereocenters. The molecule has 2 rings (SSSR count). The number of aliphatic carboxylic acids is 1. The van der Waals surface area contributed by atoms with Crippen molar-refractivity contribution in [3.05, 3.63) is 30.3 Å². The molecule has 0 amide bonds. The first-order valence-electron chi connectivity index (χ1n) is 5.86. The number of nitrogens with one attached hydrogen (secondary N) is 1. The number of carboxylic acids is 1. The molecule has 6 nitrogen and oxygen atoms in total. The van der Waals surface area contributed by atoms with E-state index in [1.807, 2.05) is 0 Å². The quantitative estimate of drug-likeness (QED) is 0.845. The van der Waals surface area contributed by atoms with Crippen molar-refractivity contribution < 1.29 is 23.1 Å². The Bertz CT molecular complexity index is 549. The topological polar surface area (TPSA) is 92.7 Å². The molecular weight excluding hydrogens is 270 g/mol. The van der Waals surface area contributed by atoms with Crippen LogP contribution >= 0.6 is 0 Å². The number of carbonyl (C=O) groups is 1. The highest BCUT2D eigenvalue weighted by molar-refractivity contribution is 7.89. The number of sulfonamides is 1. The van der Waals surface area contributed by atoms with E-state index in [1.165, 1.54) is 12.1 Å². The van der Waals surface area contributed by atoms with Crippen LogP contribution in [0.15, 0.2) is 35.2 Å². The molecule has 7 heteroatoms. The van der Waals surface area contributed by atoms with Crippen molar-refractivity contribution >= 4 is 16.0 Å². The maximum absolute atomic E-state index is 12.2. The molecule has 1 aliphatic rings. The Morgan fingerprint density at radius 2 is 1.79 bits per heavy atom.